The molecular weight excluding hydrogens is 340 g/mol. The molecule has 0 aliphatic heterocycles. The molecule has 0 saturated heterocycles. The van der Waals surface area contributed by atoms with Gasteiger partial charge >= 0.3 is 0 Å². The van der Waals surface area contributed by atoms with Gasteiger partial charge < -0.3 is 5.11 Å². The highest BCUT2D eigenvalue weighted by atomic mass is 16.3. The van der Waals surface area contributed by atoms with Crippen molar-refractivity contribution in [1.82, 2.24) is 0 Å². The third-order valence-electron chi connectivity index (χ3n) is 8.13. The van der Waals surface area contributed by atoms with E-state index in [2.05, 4.69) is 33.8 Å². The zero-order valence-corrected chi connectivity index (χ0v) is 18.7. The minimum Gasteiger partial charge on any atom is -0.393 e. The summed E-state index contributed by atoms with van der Waals surface area (Å²) in [5.74, 6) is 2.89. The van der Waals surface area contributed by atoms with E-state index in [9.17, 15) is 5.11 Å². The summed E-state index contributed by atoms with van der Waals surface area (Å²) >= 11 is 0. The van der Waals surface area contributed by atoms with Crippen LogP contribution in [0, 0.1) is 29.1 Å². The molecule has 0 spiro atoms. The van der Waals surface area contributed by atoms with Crippen LogP contribution < -0.4 is 0 Å². The smallest absolute Gasteiger partial charge is 0.0626 e. The fraction of sp³-hybridized carbons (Fsp3) is 0.778. The van der Waals surface area contributed by atoms with Crippen LogP contribution >= 0.6 is 0 Å². The van der Waals surface area contributed by atoms with Crippen molar-refractivity contribution in [1.29, 1.82) is 0 Å². The highest BCUT2D eigenvalue weighted by molar-refractivity contribution is 5.36. The lowest BCUT2D eigenvalue weighted by Crippen LogP contribution is -2.36. The fourth-order valence-electron chi connectivity index (χ4n) is 6.49. The molecule has 1 nitrogen and oxygen atoms in total. The molecule has 0 amide bonds. The van der Waals surface area contributed by atoms with Crippen LogP contribution in [-0.4, -0.2) is 11.2 Å². The van der Waals surface area contributed by atoms with E-state index in [1.165, 1.54) is 50.5 Å². The molecule has 0 heterocycles. The van der Waals surface area contributed by atoms with Gasteiger partial charge in [-0.2, -0.15) is 0 Å². The highest BCUT2D eigenvalue weighted by Crippen LogP contribution is 2.59. The molecule has 1 heteroatoms. The summed E-state index contributed by atoms with van der Waals surface area (Å²) in [6.07, 6.45) is 13.3. The van der Waals surface area contributed by atoms with Gasteiger partial charge in [0.2, 0.25) is 0 Å². The molecule has 3 aliphatic rings. The summed E-state index contributed by atoms with van der Waals surface area (Å²) in [7, 11) is 0. The summed E-state index contributed by atoms with van der Waals surface area (Å²) in [6.45, 7) is 9.44. The van der Waals surface area contributed by atoms with Crippen LogP contribution in [0.15, 0.2) is 35.4 Å². The van der Waals surface area contributed by atoms with Crippen LogP contribution in [0.2, 0.25) is 0 Å². The van der Waals surface area contributed by atoms with E-state index in [1.54, 1.807) is 0 Å². The van der Waals surface area contributed by atoms with Crippen molar-refractivity contribution in [3.05, 3.63) is 35.4 Å². The lowest BCUT2D eigenvalue weighted by Gasteiger charge is -2.44. The number of hydrogen-bond acceptors (Lipinski definition) is 1. The molecule has 5 unspecified atom stereocenters. The van der Waals surface area contributed by atoms with Gasteiger partial charge in [-0.1, -0.05) is 76.8 Å². The number of rotatable bonds is 6. The molecule has 0 aromatic heterocycles. The largest absolute Gasteiger partial charge is 0.393 e. The second kappa shape index (κ2) is 9.33. The van der Waals surface area contributed by atoms with Crippen molar-refractivity contribution in [2.24, 2.45) is 29.1 Å². The Morgan fingerprint density at radius 3 is 2.82 bits per heavy atom. The summed E-state index contributed by atoms with van der Waals surface area (Å²) in [6, 6.07) is 0.443. The lowest BCUT2D eigenvalue weighted by atomic mass is 9.60. The molecule has 0 aromatic carbocycles. The number of aliphatic hydroxyl groups is 1. The Kier molecular flexibility index (Phi) is 5.99. The second-order valence-corrected chi connectivity index (χ2v) is 10.6. The van der Waals surface area contributed by atoms with E-state index in [-0.39, 0.29) is 6.53 Å². The lowest BCUT2D eigenvalue weighted by molar-refractivity contribution is 0.0929. The first kappa shape index (κ1) is 18.0. The SMILES string of the molecule is [2H]C([2H])=C1CCC(O)CC1=C([2H])C=C1CCCC2(C)C1CCC2C(C)CCCC(C)C. The predicted octanol–water partition coefficient (Wildman–Crippen LogP) is 7.62. The van der Waals surface area contributed by atoms with Gasteiger partial charge in [0.05, 0.1) is 10.2 Å². The van der Waals surface area contributed by atoms with Crippen LogP contribution in [0.4, 0.5) is 0 Å². The molecule has 0 bridgehead atoms. The van der Waals surface area contributed by atoms with Gasteiger partial charge in [0.1, 0.15) is 0 Å². The van der Waals surface area contributed by atoms with Gasteiger partial charge in [-0.05, 0) is 86.0 Å². The zero-order valence-electron chi connectivity index (χ0n) is 21.7. The van der Waals surface area contributed by atoms with Crippen LogP contribution in [0.1, 0.15) is 102 Å². The van der Waals surface area contributed by atoms with Gasteiger partial charge in [0.25, 0.3) is 0 Å². The Hall–Kier alpha value is -0.820. The summed E-state index contributed by atoms with van der Waals surface area (Å²) in [5.41, 5.74) is 3.15. The van der Waals surface area contributed by atoms with Gasteiger partial charge in [0, 0.05) is 0 Å². The summed E-state index contributed by atoms with van der Waals surface area (Å²) in [5, 5.41) is 10.1. The van der Waals surface area contributed by atoms with E-state index in [4.69, 9.17) is 4.11 Å². The topological polar surface area (TPSA) is 20.2 Å². The van der Waals surface area contributed by atoms with E-state index in [1.807, 2.05) is 0 Å². The Labute approximate surface area is 178 Å². The zero-order chi connectivity index (χ0) is 22.8. The van der Waals surface area contributed by atoms with Crippen molar-refractivity contribution in [3.8, 4) is 0 Å². The average Bonchev–Trinajstić information content (AvgIpc) is 3.05. The third kappa shape index (κ3) is 4.84. The van der Waals surface area contributed by atoms with Gasteiger partial charge in [-0.25, -0.2) is 0 Å². The first-order chi connectivity index (χ1) is 14.6. The molecule has 3 aliphatic carbocycles. The monoisotopic (exact) mass is 387 g/mol. The quantitative estimate of drug-likeness (QED) is 0.497. The Bertz CT molecular complexity index is 731. The predicted molar refractivity (Wildman–Crippen MR) is 121 cm³/mol. The van der Waals surface area contributed by atoms with Gasteiger partial charge in [-0.3, -0.25) is 0 Å². The molecule has 28 heavy (non-hydrogen) atoms. The first-order valence-electron chi connectivity index (χ1n) is 13.4. The maximum absolute atomic E-state index is 10.1. The Morgan fingerprint density at radius 2 is 2.07 bits per heavy atom. The average molecular weight is 388 g/mol. The molecule has 3 rings (SSSR count). The maximum Gasteiger partial charge on any atom is 0.0626 e. The molecule has 0 aromatic rings. The summed E-state index contributed by atoms with van der Waals surface area (Å²) < 4.78 is 24.4. The van der Waals surface area contributed by atoms with Crippen LogP contribution in [-0.2, 0) is 0 Å². The van der Waals surface area contributed by atoms with Gasteiger partial charge in [-0.15, -0.1) is 0 Å². The van der Waals surface area contributed by atoms with E-state index >= 15 is 0 Å². The van der Waals surface area contributed by atoms with Crippen LogP contribution in [0.25, 0.3) is 0 Å². The molecule has 3 saturated carbocycles. The normalized spacial score (nSPS) is 39.4. The van der Waals surface area contributed by atoms with E-state index in [0.717, 1.165) is 29.7 Å². The summed E-state index contributed by atoms with van der Waals surface area (Å²) in [4.78, 5) is 0. The molecular formula is C27H44O. The third-order valence-corrected chi connectivity index (χ3v) is 8.13. The van der Waals surface area contributed by atoms with Crippen molar-refractivity contribution in [2.75, 3.05) is 0 Å². The first-order valence-corrected chi connectivity index (χ1v) is 11.9. The highest BCUT2D eigenvalue weighted by Gasteiger charge is 2.50. The maximum atomic E-state index is 10.1. The standard InChI is InChI=1S/C27H44O/c1-19(2)8-6-9-21(4)25-15-16-26-22(10-7-17-27(25,26)5)12-13-23-18-24(28)14-11-20(23)3/h12-13,19,21,24-26,28H,3,6-11,14-18H2,1-2,4-5H3/i3D2,13D. The second-order valence-electron chi connectivity index (χ2n) is 10.6. The number of allylic oxidation sites excluding steroid dienone is 4. The molecule has 158 valence electrons. The minimum absolute atomic E-state index is 0.185. The molecule has 3 fully saturated rings. The minimum atomic E-state index is -0.448. The van der Waals surface area contributed by atoms with Gasteiger partial charge in [0.15, 0.2) is 0 Å². The molecule has 1 N–H and O–H groups in total. The van der Waals surface area contributed by atoms with Crippen molar-refractivity contribution in [2.45, 2.75) is 104 Å². The fourth-order valence-corrected chi connectivity index (χ4v) is 6.49. The molecule has 5 atom stereocenters. The van der Waals surface area contributed by atoms with E-state index < -0.39 is 6.10 Å². The number of fused-ring (bicyclic) bond motifs is 1. The van der Waals surface area contributed by atoms with Crippen LogP contribution in [0.5, 0.6) is 0 Å². The van der Waals surface area contributed by atoms with E-state index in [0.29, 0.717) is 42.2 Å². The Balaban J connectivity index is 1.81. The number of hydrogen-bond donors (Lipinski definition) is 1. The van der Waals surface area contributed by atoms with Crippen molar-refractivity contribution < 1.29 is 9.22 Å². The number of aliphatic hydroxyl groups excluding tert-OH is 1. The van der Waals surface area contributed by atoms with Crippen molar-refractivity contribution >= 4 is 0 Å². The molecule has 0 radical (unpaired) electrons. The van der Waals surface area contributed by atoms with Crippen molar-refractivity contribution in [3.63, 3.8) is 0 Å². The Morgan fingerprint density at radius 1 is 1.25 bits per heavy atom. The van der Waals surface area contributed by atoms with Crippen LogP contribution in [0.3, 0.4) is 0 Å².